The van der Waals surface area contributed by atoms with E-state index in [4.69, 9.17) is 5.11 Å². The van der Waals surface area contributed by atoms with Crippen molar-refractivity contribution in [3.63, 3.8) is 0 Å². The summed E-state index contributed by atoms with van der Waals surface area (Å²) in [5.74, 6) is -1.01. The van der Waals surface area contributed by atoms with Gasteiger partial charge >= 0.3 is 12.0 Å². The molecule has 1 aliphatic rings. The normalized spacial score (nSPS) is 20.1. The molecule has 0 radical (unpaired) electrons. The molecular weight excluding hydrogens is 258 g/mol. The van der Waals surface area contributed by atoms with Crippen LogP contribution in [0.5, 0.6) is 0 Å². The summed E-state index contributed by atoms with van der Waals surface area (Å²) < 4.78 is 0. The monoisotopic (exact) mass is 285 g/mol. The summed E-state index contributed by atoms with van der Waals surface area (Å²) in [6.45, 7) is 8.52. The summed E-state index contributed by atoms with van der Waals surface area (Å²) in [6.07, 6.45) is 3.34. The van der Waals surface area contributed by atoms with E-state index in [1.54, 1.807) is 6.92 Å². The Balaban J connectivity index is 2.38. The second kappa shape index (κ2) is 7.47. The average Bonchev–Trinajstić information content (AvgIpc) is 2.40. The van der Waals surface area contributed by atoms with Gasteiger partial charge in [0.25, 0.3) is 0 Å². The molecule has 1 rings (SSSR count). The Hall–Kier alpha value is -1.30. The summed E-state index contributed by atoms with van der Waals surface area (Å²) in [6, 6.07) is -0.247. The quantitative estimate of drug-likeness (QED) is 0.689. The SMILES string of the molecule is CCCN1CCC(NC(=O)NC(C)(CC)C(=O)O)CC1. The van der Waals surface area contributed by atoms with Crippen LogP contribution in [-0.4, -0.2) is 53.2 Å². The Kier molecular flexibility index (Phi) is 6.26. The van der Waals surface area contributed by atoms with Crippen molar-refractivity contribution in [2.75, 3.05) is 19.6 Å². The lowest BCUT2D eigenvalue weighted by molar-refractivity contribution is -0.143. The van der Waals surface area contributed by atoms with Crippen LogP contribution in [0.1, 0.15) is 46.5 Å². The molecule has 0 aromatic carbocycles. The summed E-state index contributed by atoms with van der Waals surface area (Å²) in [7, 11) is 0. The van der Waals surface area contributed by atoms with Gasteiger partial charge in [0.2, 0.25) is 0 Å². The minimum absolute atomic E-state index is 0.137. The van der Waals surface area contributed by atoms with Gasteiger partial charge < -0.3 is 20.6 Å². The predicted octanol–water partition coefficient (Wildman–Crippen LogP) is 1.41. The second-order valence-electron chi connectivity index (χ2n) is 5.71. The number of aliphatic carboxylic acids is 1. The maximum atomic E-state index is 11.9. The highest BCUT2D eigenvalue weighted by atomic mass is 16.4. The van der Waals surface area contributed by atoms with Gasteiger partial charge in [-0.25, -0.2) is 9.59 Å². The number of hydrogen-bond donors (Lipinski definition) is 3. The smallest absolute Gasteiger partial charge is 0.329 e. The minimum atomic E-state index is -1.20. The number of carbonyl (C=O) groups is 2. The van der Waals surface area contributed by atoms with Gasteiger partial charge in [-0.05, 0) is 39.2 Å². The van der Waals surface area contributed by atoms with Crippen LogP contribution in [0.25, 0.3) is 0 Å². The van der Waals surface area contributed by atoms with Gasteiger partial charge in [-0.3, -0.25) is 0 Å². The number of rotatable bonds is 6. The van der Waals surface area contributed by atoms with E-state index in [-0.39, 0.29) is 12.1 Å². The molecule has 116 valence electrons. The van der Waals surface area contributed by atoms with E-state index in [1.807, 2.05) is 0 Å². The zero-order valence-corrected chi connectivity index (χ0v) is 12.7. The first-order chi connectivity index (χ1) is 9.41. The van der Waals surface area contributed by atoms with E-state index in [2.05, 4.69) is 22.5 Å². The average molecular weight is 285 g/mol. The summed E-state index contributed by atoms with van der Waals surface area (Å²) in [5.41, 5.74) is -1.20. The molecule has 6 nitrogen and oxygen atoms in total. The largest absolute Gasteiger partial charge is 0.480 e. The minimum Gasteiger partial charge on any atom is -0.480 e. The van der Waals surface area contributed by atoms with Crippen LogP contribution in [0.15, 0.2) is 0 Å². The maximum absolute atomic E-state index is 11.9. The number of nitrogens with one attached hydrogen (secondary N) is 2. The first kappa shape index (κ1) is 16.8. The second-order valence-corrected chi connectivity index (χ2v) is 5.71. The Bertz CT molecular complexity index is 341. The van der Waals surface area contributed by atoms with E-state index >= 15 is 0 Å². The summed E-state index contributed by atoms with van der Waals surface area (Å²) in [5, 5.41) is 14.6. The van der Waals surface area contributed by atoms with Crippen LogP contribution < -0.4 is 10.6 Å². The van der Waals surface area contributed by atoms with Crippen molar-refractivity contribution < 1.29 is 14.7 Å². The zero-order valence-electron chi connectivity index (χ0n) is 12.7. The van der Waals surface area contributed by atoms with Crippen molar-refractivity contribution in [3.05, 3.63) is 0 Å². The molecule has 0 saturated carbocycles. The van der Waals surface area contributed by atoms with E-state index in [0.29, 0.717) is 6.42 Å². The fourth-order valence-electron chi connectivity index (χ4n) is 2.38. The van der Waals surface area contributed by atoms with Gasteiger partial charge in [0.05, 0.1) is 0 Å². The molecule has 0 bridgehead atoms. The molecule has 2 amide bonds. The van der Waals surface area contributed by atoms with Gasteiger partial charge in [-0.2, -0.15) is 0 Å². The number of amides is 2. The molecule has 0 aliphatic carbocycles. The van der Waals surface area contributed by atoms with Crippen LogP contribution >= 0.6 is 0 Å². The maximum Gasteiger partial charge on any atom is 0.329 e. The Morgan fingerprint density at radius 2 is 1.90 bits per heavy atom. The standard InChI is InChI=1S/C14H27N3O3/c1-4-8-17-9-6-11(7-10-17)15-13(20)16-14(3,5-2)12(18)19/h11H,4-10H2,1-3H3,(H,18,19)(H2,15,16,20). The van der Waals surface area contributed by atoms with E-state index < -0.39 is 11.5 Å². The third kappa shape index (κ3) is 4.67. The van der Waals surface area contributed by atoms with Crippen LogP contribution in [0.4, 0.5) is 4.79 Å². The van der Waals surface area contributed by atoms with E-state index in [9.17, 15) is 9.59 Å². The highest BCUT2D eigenvalue weighted by molar-refractivity contribution is 5.85. The Morgan fingerprint density at radius 3 is 2.35 bits per heavy atom. The fraction of sp³-hybridized carbons (Fsp3) is 0.857. The number of urea groups is 1. The van der Waals surface area contributed by atoms with Crippen LogP contribution in [0, 0.1) is 0 Å². The van der Waals surface area contributed by atoms with Crippen LogP contribution in [-0.2, 0) is 4.79 Å². The predicted molar refractivity (Wildman–Crippen MR) is 77.8 cm³/mol. The number of carbonyl (C=O) groups excluding carboxylic acids is 1. The van der Waals surface area contributed by atoms with Crippen molar-refractivity contribution in [2.45, 2.75) is 58.0 Å². The van der Waals surface area contributed by atoms with Crippen molar-refractivity contribution in [1.29, 1.82) is 0 Å². The van der Waals surface area contributed by atoms with Gasteiger partial charge in [0.15, 0.2) is 0 Å². The number of piperidine rings is 1. The summed E-state index contributed by atoms with van der Waals surface area (Å²) in [4.78, 5) is 25.4. The van der Waals surface area contributed by atoms with Crippen molar-refractivity contribution in [3.8, 4) is 0 Å². The molecule has 1 unspecified atom stereocenters. The lowest BCUT2D eigenvalue weighted by Crippen LogP contribution is -2.57. The number of carboxylic acid groups (broad SMARTS) is 1. The third-order valence-corrected chi connectivity index (χ3v) is 4.03. The van der Waals surface area contributed by atoms with Gasteiger partial charge in [-0.15, -0.1) is 0 Å². The molecule has 1 aliphatic heterocycles. The van der Waals surface area contributed by atoms with Gasteiger partial charge in [0.1, 0.15) is 5.54 Å². The molecule has 0 spiro atoms. The molecule has 1 atom stereocenters. The fourth-order valence-corrected chi connectivity index (χ4v) is 2.38. The molecular formula is C14H27N3O3. The van der Waals surface area contributed by atoms with Crippen molar-refractivity contribution in [1.82, 2.24) is 15.5 Å². The van der Waals surface area contributed by atoms with Gasteiger partial charge in [-0.1, -0.05) is 13.8 Å². The molecule has 20 heavy (non-hydrogen) atoms. The molecule has 1 saturated heterocycles. The van der Waals surface area contributed by atoms with Crippen molar-refractivity contribution in [2.24, 2.45) is 0 Å². The van der Waals surface area contributed by atoms with E-state index in [1.165, 1.54) is 6.92 Å². The third-order valence-electron chi connectivity index (χ3n) is 4.03. The Labute approximate surface area is 120 Å². The first-order valence-corrected chi connectivity index (χ1v) is 7.45. The zero-order chi connectivity index (χ0) is 15.2. The highest BCUT2D eigenvalue weighted by Crippen LogP contribution is 2.12. The molecule has 0 aromatic heterocycles. The van der Waals surface area contributed by atoms with E-state index in [0.717, 1.165) is 38.9 Å². The van der Waals surface area contributed by atoms with Gasteiger partial charge in [0, 0.05) is 19.1 Å². The lowest BCUT2D eigenvalue weighted by atomic mass is 9.99. The molecule has 1 heterocycles. The number of nitrogens with zero attached hydrogens (tertiary/aromatic N) is 1. The molecule has 1 fully saturated rings. The van der Waals surface area contributed by atoms with Crippen LogP contribution in [0.2, 0.25) is 0 Å². The Morgan fingerprint density at radius 1 is 1.30 bits per heavy atom. The van der Waals surface area contributed by atoms with Crippen LogP contribution in [0.3, 0.4) is 0 Å². The first-order valence-electron chi connectivity index (χ1n) is 7.45. The lowest BCUT2D eigenvalue weighted by Gasteiger charge is -2.33. The molecule has 6 heteroatoms. The number of carboxylic acids is 1. The molecule has 0 aromatic rings. The number of hydrogen-bond acceptors (Lipinski definition) is 3. The highest BCUT2D eigenvalue weighted by Gasteiger charge is 2.33. The summed E-state index contributed by atoms with van der Waals surface area (Å²) >= 11 is 0. The van der Waals surface area contributed by atoms with Crippen molar-refractivity contribution >= 4 is 12.0 Å². The molecule has 3 N–H and O–H groups in total. The topological polar surface area (TPSA) is 81.7 Å². The number of likely N-dealkylation sites (tertiary alicyclic amines) is 1.